The minimum absolute atomic E-state index is 0.0266. The van der Waals surface area contributed by atoms with Gasteiger partial charge < -0.3 is 14.5 Å². The van der Waals surface area contributed by atoms with Crippen LogP contribution in [0.4, 0.5) is 0 Å². The first-order valence-corrected chi connectivity index (χ1v) is 9.04. The normalized spacial score (nSPS) is 18.0. The van der Waals surface area contributed by atoms with Gasteiger partial charge in [0, 0.05) is 18.5 Å². The summed E-state index contributed by atoms with van der Waals surface area (Å²) in [5, 5.41) is 4.45. The number of hydrogen-bond acceptors (Lipinski definition) is 4. The van der Waals surface area contributed by atoms with Crippen molar-refractivity contribution >= 4 is 5.71 Å². The van der Waals surface area contributed by atoms with Crippen LogP contribution in [0, 0.1) is 0 Å². The molecule has 1 atom stereocenters. The van der Waals surface area contributed by atoms with Crippen molar-refractivity contribution in [3.05, 3.63) is 65.7 Å². The fourth-order valence-corrected chi connectivity index (χ4v) is 3.06. The Morgan fingerprint density at radius 2 is 1.76 bits per heavy atom. The van der Waals surface area contributed by atoms with Crippen LogP contribution in [0.5, 0.6) is 5.75 Å². The predicted octanol–water partition coefficient (Wildman–Crippen LogP) is 4.27. The Bertz CT molecular complexity index is 696. The van der Waals surface area contributed by atoms with E-state index in [1.54, 1.807) is 0 Å². The van der Waals surface area contributed by atoms with Crippen molar-refractivity contribution in [3.63, 3.8) is 0 Å². The molecule has 0 bridgehead atoms. The van der Waals surface area contributed by atoms with E-state index in [0.717, 1.165) is 42.2 Å². The molecule has 0 aromatic heterocycles. The van der Waals surface area contributed by atoms with E-state index < -0.39 is 0 Å². The molecule has 25 heavy (non-hydrogen) atoms. The van der Waals surface area contributed by atoms with E-state index in [2.05, 4.69) is 36.0 Å². The zero-order valence-electron chi connectivity index (χ0n) is 15.0. The summed E-state index contributed by atoms with van der Waals surface area (Å²) in [6.07, 6.45) is 0.688. The van der Waals surface area contributed by atoms with Crippen molar-refractivity contribution in [2.75, 3.05) is 26.2 Å². The molecular formula is C21H26N2O2. The first kappa shape index (κ1) is 17.5. The van der Waals surface area contributed by atoms with E-state index in [1.165, 1.54) is 0 Å². The molecular weight excluding hydrogens is 312 g/mol. The Hall–Kier alpha value is -2.33. The molecule has 0 aliphatic carbocycles. The van der Waals surface area contributed by atoms with Crippen molar-refractivity contribution in [2.24, 2.45) is 5.16 Å². The molecule has 2 aromatic carbocycles. The molecule has 0 spiro atoms. The lowest BCUT2D eigenvalue weighted by atomic mass is 9.96. The molecule has 0 saturated heterocycles. The van der Waals surface area contributed by atoms with Gasteiger partial charge in [-0.15, -0.1) is 0 Å². The molecule has 132 valence electrons. The van der Waals surface area contributed by atoms with Crippen LogP contribution in [0.3, 0.4) is 0 Å². The number of para-hydroxylation sites is 1. The Labute approximate surface area is 150 Å². The van der Waals surface area contributed by atoms with Gasteiger partial charge in [0.1, 0.15) is 18.5 Å². The molecule has 2 aromatic rings. The second-order valence-corrected chi connectivity index (χ2v) is 6.12. The van der Waals surface area contributed by atoms with E-state index in [-0.39, 0.29) is 6.10 Å². The van der Waals surface area contributed by atoms with E-state index in [1.807, 2.05) is 42.5 Å². The molecule has 1 heterocycles. The number of nitrogens with zero attached hydrogens (tertiary/aromatic N) is 2. The summed E-state index contributed by atoms with van der Waals surface area (Å²) in [6.45, 7) is 7.88. The Morgan fingerprint density at radius 3 is 2.52 bits per heavy atom. The van der Waals surface area contributed by atoms with Crippen LogP contribution < -0.4 is 4.74 Å². The van der Waals surface area contributed by atoms with Crippen LogP contribution in [0.1, 0.15) is 37.5 Å². The molecule has 0 radical (unpaired) electrons. The van der Waals surface area contributed by atoms with Crippen molar-refractivity contribution < 1.29 is 9.57 Å². The van der Waals surface area contributed by atoms with Crippen LogP contribution in [0.25, 0.3) is 0 Å². The Balaban J connectivity index is 1.74. The van der Waals surface area contributed by atoms with E-state index in [0.29, 0.717) is 13.0 Å². The van der Waals surface area contributed by atoms with Gasteiger partial charge in [-0.2, -0.15) is 0 Å². The van der Waals surface area contributed by atoms with Gasteiger partial charge in [-0.05, 0) is 30.8 Å². The maximum Gasteiger partial charge on any atom is 0.129 e. The topological polar surface area (TPSA) is 34.1 Å². The summed E-state index contributed by atoms with van der Waals surface area (Å²) in [5.74, 6) is 0.869. The largest absolute Gasteiger partial charge is 0.485 e. The minimum atomic E-state index is -0.0266. The fourth-order valence-electron chi connectivity index (χ4n) is 3.06. The van der Waals surface area contributed by atoms with Crippen molar-refractivity contribution in [1.29, 1.82) is 0 Å². The maximum atomic E-state index is 6.18. The zero-order chi connectivity index (χ0) is 17.5. The third-order valence-electron chi connectivity index (χ3n) is 4.59. The summed E-state index contributed by atoms with van der Waals surface area (Å²) in [4.78, 5) is 7.96. The number of ether oxygens (including phenoxy) is 1. The predicted molar refractivity (Wildman–Crippen MR) is 101 cm³/mol. The third-order valence-corrected chi connectivity index (χ3v) is 4.59. The monoisotopic (exact) mass is 338 g/mol. The second kappa shape index (κ2) is 8.67. The summed E-state index contributed by atoms with van der Waals surface area (Å²) in [6, 6.07) is 18.3. The smallest absolute Gasteiger partial charge is 0.129 e. The molecule has 4 nitrogen and oxygen atoms in total. The summed E-state index contributed by atoms with van der Waals surface area (Å²) in [7, 11) is 0. The molecule has 1 unspecified atom stereocenters. The van der Waals surface area contributed by atoms with Crippen molar-refractivity contribution in [3.8, 4) is 5.75 Å². The van der Waals surface area contributed by atoms with Gasteiger partial charge in [-0.3, -0.25) is 0 Å². The minimum Gasteiger partial charge on any atom is -0.485 e. The Kier molecular flexibility index (Phi) is 6.07. The van der Waals surface area contributed by atoms with E-state index >= 15 is 0 Å². The highest BCUT2D eigenvalue weighted by Gasteiger charge is 2.26. The second-order valence-electron chi connectivity index (χ2n) is 6.12. The molecule has 1 aliphatic heterocycles. The average molecular weight is 338 g/mol. The summed E-state index contributed by atoms with van der Waals surface area (Å²) < 4.78 is 6.18. The van der Waals surface area contributed by atoms with Gasteiger partial charge in [0.15, 0.2) is 0 Å². The van der Waals surface area contributed by atoms with Gasteiger partial charge in [-0.1, -0.05) is 61.5 Å². The lowest BCUT2D eigenvalue weighted by Crippen LogP contribution is -2.27. The van der Waals surface area contributed by atoms with Crippen LogP contribution in [0.2, 0.25) is 0 Å². The molecule has 3 rings (SSSR count). The molecule has 0 N–H and O–H groups in total. The van der Waals surface area contributed by atoms with E-state index in [4.69, 9.17) is 9.57 Å². The first-order chi connectivity index (χ1) is 12.3. The number of benzene rings is 2. The summed E-state index contributed by atoms with van der Waals surface area (Å²) >= 11 is 0. The highest BCUT2D eigenvalue weighted by Crippen LogP contribution is 2.35. The Morgan fingerprint density at radius 1 is 1.04 bits per heavy atom. The van der Waals surface area contributed by atoms with Crippen LogP contribution >= 0.6 is 0 Å². The maximum absolute atomic E-state index is 6.18. The highest BCUT2D eigenvalue weighted by molar-refractivity contribution is 6.03. The van der Waals surface area contributed by atoms with Gasteiger partial charge in [-0.25, -0.2) is 0 Å². The zero-order valence-corrected chi connectivity index (χ0v) is 15.0. The van der Waals surface area contributed by atoms with Crippen molar-refractivity contribution in [2.45, 2.75) is 26.4 Å². The van der Waals surface area contributed by atoms with Crippen LogP contribution in [-0.2, 0) is 4.84 Å². The quantitative estimate of drug-likeness (QED) is 0.558. The molecule has 0 saturated carbocycles. The number of hydrogen-bond donors (Lipinski definition) is 0. The fraction of sp³-hybridized carbons (Fsp3) is 0.381. The number of oxime groups is 1. The first-order valence-electron chi connectivity index (χ1n) is 9.04. The standard InChI is InChI=1S/C21H26N2O2/c1-3-23(4-2)14-15-24-22-19-16-21(17-10-6-5-7-11-17)25-20-13-9-8-12-18(19)20/h5-13,21H,3-4,14-16H2,1-2H3. The van der Waals surface area contributed by atoms with Gasteiger partial charge >= 0.3 is 0 Å². The molecule has 0 fully saturated rings. The number of rotatable bonds is 7. The van der Waals surface area contributed by atoms with Gasteiger partial charge in [0.25, 0.3) is 0 Å². The number of likely N-dealkylation sites (N-methyl/N-ethyl adjacent to an activating group) is 1. The van der Waals surface area contributed by atoms with Crippen molar-refractivity contribution in [1.82, 2.24) is 4.90 Å². The highest BCUT2D eigenvalue weighted by atomic mass is 16.6. The van der Waals surface area contributed by atoms with Crippen LogP contribution in [0.15, 0.2) is 59.8 Å². The number of fused-ring (bicyclic) bond motifs is 1. The average Bonchev–Trinajstić information content (AvgIpc) is 2.68. The van der Waals surface area contributed by atoms with Gasteiger partial charge in [0.05, 0.1) is 5.71 Å². The van der Waals surface area contributed by atoms with Gasteiger partial charge in [0.2, 0.25) is 0 Å². The summed E-state index contributed by atoms with van der Waals surface area (Å²) in [5.41, 5.74) is 3.14. The van der Waals surface area contributed by atoms with Crippen LogP contribution in [-0.4, -0.2) is 36.9 Å². The molecule has 1 aliphatic rings. The lowest BCUT2D eigenvalue weighted by Gasteiger charge is -2.27. The van der Waals surface area contributed by atoms with E-state index in [9.17, 15) is 0 Å². The molecule has 0 amide bonds. The molecule has 4 heteroatoms. The SMILES string of the molecule is CCN(CC)CCON=C1CC(c2ccccc2)Oc2ccccc21. The lowest BCUT2D eigenvalue weighted by molar-refractivity contribution is 0.112. The third kappa shape index (κ3) is 4.40.